The van der Waals surface area contributed by atoms with Crippen LogP contribution >= 0.6 is 11.3 Å². The molecule has 5 nitrogen and oxygen atoms in total. The number of carbonyl (C=O) groups excluding carboxylic acids is 1. The van der Waals surface area contributed by atoms with Crippen molar-refractivity contribution in [2.75, 3.05) is 6.61 Å². The number of hydrogen-bond donors (Lipinski definition) is 1. The van der Waals surface area contributed by atoms with Crippen molar-refractivity contribution in [2.24, 2.45) is 0 Å². The van der Waals surface area contributed by atoms with Crippen molar-refractivity contribution in [3.05, 3.63) is 75.9 Å². The number of ether oxygens (including phenoxy) is 1. The lowest BCUT2D eigenvalue weighted by Crippen LogP contribution is -2.23. The van der Waals surface area contributed by atoms with Gasteiger partial charge in [-0.2, -0.15) is 0 Å². The first kappa shape index (κ1) is 17.1. The summed E-state index contributed by atoms with van der Waals surface area (Å²) in [5.41, 5.74) is 2.57. The zero-order chi connectivity index (χ0) is 17.5. The molecule has 0 fully saturated rings. The van der Waals surface area contributed by atoms with Crippen LogP contribution in [0.25, 0.3) is 0 Å². The van der Waals surface area contributed by atoms with Crippen molar-refractivity contribution >= 4 is 17.2 Å². The van der Waals surface area contributed by atoms with Gasteiger partial charge in [-0.1, -0.05) is 30.3 Å². The van der Waals surface area contributed by atoms with Crippen LogP contribution in [0.15, 0.2) is 54.0 Å². The summed E-state index contributed by atoms with van der Waals surface area (Å²) in [4.78, 5) is 20.8. The standard InChI is InChI=1S/C19H19N3O2S/c1-2-24-17-10-15(8-9-20-17)12-21-19(23)16-13-25-18(22-16)11-14-6-4-3-5-7-14/h3-10,13H,2,11-12H2,1H3,(H,21,23). The van der Waals surface area contributed by atoms with Gasteiger partial charge in [0.2, 0.25) is 5.88 Å². The predicted molar refractivity (Wildman–Crippen MR) is 97.9 cm³/mol. The van der Waals surface area contributed by atoms with Gasteiger partial charge in [0.15, 0.2) is 0 Å². The lowest BCUT2D eigenvalue weighted by molar-refractivity contribution is 0.0946. The Hall–Kier alpha value is -2.73. The maximum Gasteiger partial charge on any atom is 0.271 e. The highest BCUT2D eigenvalue weighted by molar-refractivity contribution is 7.09. The molecular weight excluding hydrogens is 334 g/mol. The molecule has 0 atom stereocenters. The molecule has 25 heavy (non-hydrogen) atoms. The molecule has 2 aromatic heterocycles. The number of nitrogens with zero attached hydrogens (tertiary/aromatic N) is 2. The van der Waals surface area contributed by atoms with E-state index in [1.54, 1.807) is 11.6 Å². The lowest BCUT2D eigenvalue weighted by atomic mass is 10.2. The van der Waals surface area contributed by atoms with Gasteiger partial charge in [-0.05, 0) is 24.1 Å². The van der Waals surface area contributed by atoms with Gasteiger partial charge < -0.3 is 10.1 Å². The van der Waals surface area contributed by atoms with E-state index in [2.05, 4.69) is 27.4 Å². The zero-order valence-electron chi connectivity index (χ0n) is 13.9. The summed E-state index contributed by atoms with van der Waals surface area (Å²) in [5, 5.41) is 5.61. The van der Waals surface area contributed by atoms with E-state index in [9.17, 15) is 4.79 Å². The first-order valence-electron chi connectivity index (χ1n) is 8.09. The molecule has 0 bridgehead atoms. The third kappa shape index (κ3) is 4.87. The van der Waals surface area contributed by atoms with E-state index >= 15 is 0 Å². The van der Waals surface area contributed by atoms with E-state index in [0.29, 0.717) is 24.7 Å². The second-order valence-electron chi connectivity index (χ2n) is 5.41. The Morgan fingerprint density at radius 3 is 2.84 bits per heavy atom. The van der Waals surface area contributed by atoms with E-state index in [1.165, 1.54) is 16.9 Å². The van der Waals surface area contributed by atoms with Crippen molar-refractivity contribution in [1.82, 2.24) is 15.3 Å². The Kier molecular flexibility index (Phi) is 5.74. The van der Waals surface area contributed by atoms with E-state index in [1.807, 2.05) is 37.3 Å². The first-order chi connectivity index (χ1) is 12.2. The van der Waals surface area contributed by atoms with Gasteiger partial charge in [-0.25, -0.2) is 9.97 Å². The monoisotopic (exact) mass is 353 g/mol. The van der Waals surface area contributed by atoms with Gasteiger partial charge in [-0.3, -0.25) is 4.79 Å². The molecular formula is C19H19N3O2S. The maximum atomic E-state index is 12.3. The third-order valence-corrected chi connectivity index (χ3v) is 4.38. The minimum absolute atomic E-state index is 0.176. The number of thiazole rings is 1. The smallest absolute Gasteiger partial charge is 0.271 e. The van der Waals surface area contributed by atoms with Crippen LogP contribution in [-0.2, 0) is 13.0 Å². The molecule has 0 radical (unpaired) electrons. The number of nitrogens with one attached hydrogen (secondary N) is 1. The Balaban J connectivity index is 1.57. The minimum Gasteiger partial charge on any atom is -0.478 e. The van der Waals surface area contributed by atoms with Crippen molar-refractivity contribution in [3.63, 3.8) is 0 Å². The molecule has 0 saturated heterocycles. The average molecular weight is 353 g/mol. The molecule has 6 heteroatoms. The van der Waals surface area contributed by atoms with E-state index in [-0.39, 0.29) is 5.91 Å². The SMILES string of the molecule is CCOc1cc(CNC(=O)c2csc(Cc3ccccc3)n2)ccn1. The molecule has 0 aliphatic carbocycles. The van der Waals surface area contributed by atoms with Crippen molar-refractivity contribution in [1.29, 1.82) is 0 Å². The fourth-order valence-electron chi connectivity index (χ4n) is 2.33. The van der Waals surface area contributed by atoms with Gasteiger partial charge in [0.1, 0.15) is 5.69 Å². The van der Waals surface area contributed by atoms with Crippen LogP contribution < -0.4 is 10.1 Å². The number of rotatable bonds is 7. The molecule has 0 aliphatic heterocycles. The molecule has 2 heterocycles. The lowest BCUT2D eigenvalue weighted by Gasteiger charge is -2.06. The average Bonchev–Trinajstić information content (AvgIpc) is 3.10. The fraction of sp³-hybridized carbons (Fsp3) is 0.211. The van der Waals surface area contributed by atoms with Crippen LogP contribution in [0.2, 0.25) is 0 Å². The Labute approximate surface area is 150 Å². The van der Waals surface area contributed by atoms with Crippen LogP contribution in [0.1, 0.15) is 33.5 Å². The molecule has 128 valence electrons. The number of amides is 1. The van der Waals surface area contributed by atoms with Crippen LogP contribution in [0.5, 0.6) is 5.88 Å². The molecule has 0 saturated carbocycles. The summed E-state index contributed by atoms with van der Waals surface area (Å²) in [6.07, 6.45) is 2.41. The summed E-state index contributed by atoms with van der Waals surface area (Å²) in [5.74, 6) is 0.387. The molecule has 3 aromatic rings. The second-order valence-corrected chi connectivity index (χ2v) is 6.35. The highest BCUT2D eigenvalue weighted by Gasteiger charge is 2.11. The van der Waals surface area contributed by atoms with Gasteiger partial charge >= 0.3 is 0 Å². The third-order valence-electron chi connectivity index (χ3n) is 3.53. The molecule has 0 unspecified atom stereocenters. The topological polar surface area (TPSA) is 64.1 Å². The van der Waals surface area contributed by atoms with Gasteiger partial charge in [0.25, 0.3) is 5.91 Å². The zero-order valence-corrected chi connectivity index (χ0v) is 14.8. The van der Waals surface area contributed by atoms with Crippen molar-refractivity contribution in [2.45, 2.75) is 19.9 Å². The summed E-state index contributed by atoms with van der Waals surface area (Å²) in [7, 11) is 0. The number of benzene rings is 1. The summed E-state index contributed by atoms with van der Waals surface area (Å²) in [6, 6.07) is 13.8. The van der Waals surface area contributed by atoms with Gasteiger partial charge in [-0.15, -0.1) is 11.3 Å². The largest absolute Gasteiger partial charge is 0.478 e. The number of aromatic nitrogens is 2. The highest BCUT2D eigenvalue weighted by atomic mass is 32.1. The minimum atomic E-state index is -0.176. The van der Waals surface area contributed by atoms with Crippen molar-refractivity contribution in [3.8, 4) is 5.88 Å². The molecule has 3 rings (SSSR count). The number of carbonyl (C=O) groups is 1. The van der Waals surface area contributed by atoms with Gasteiger partial charge in [0.05, 0.1) is 11.6 Å². The summed E-state index contributed by atoms with van der Waals surface area (Å²) in [6.45, 7) is 2.88. The summed E-state index contributed by atoms with van der Waals surface area (Å²) >= 11 is 1.50. The number of pyridine rings is 1. The Morgan fingerprint density at radius 1 is 1.20 bits per heavy atom. The second kappa shape index (κ2) is 8.39. The van der Waals surface area contributed by atoms with Crippen LogP contribution in [-0.4, -0.2) is 22.5 Å². The molecule has 1 amide bonds. The fourth-order valence-corrected chi connectivity index (χ4v) is 3.14. The Bertz CT molecular complexity index is 833. The van der Waals surface area contributed by atoms with Crippen molar-refractivity contribution < 1.29 is 9.53 Å². The van der Waals surface area contributed by atoms with E-state index in [4.69, 9.17) is 4.74 Å². The predicted octanol–water partition coefficient (Wildman–Crippen LogP) is 3.46. The Morgan fingerprint density at radius 2 is 2.04 bits per heavy atom. The molecule has 1 aromatic carbocycles. The number of hydrogen-bond acceptors (Lipinski definition) is 5. The van der Waals surface area contributed by atoms with Crippen LogP contribution in [0.3, 0.4) is 0 Å². The first-order valence-corrected chi connectivity index (χ1v) is 8.97. The molecule has 0 spiro atoms. The highest BCUT2D eigenvalue weighted by Crippen LogP contribution is 2.15. The maximum absolute atomic E-state index is 12.3. The quantitative estimate of drug-likeness (QED) is 0.706. The van der Waals surface area contributed by atoms with Crippen LogP contribution in [0, 0.1) is 0 Å². The van der Waals surface area contributed by atoms with E-state index < -0.39 is 0 Å². The van der Waals surface area contributed by atoms with E-state index in [0.717, 1.165) is 17.0 Å². The normalized spacial score (nSPS) is 10.4. The molecule has 1 N–H and O–H groups in total. The van der Waals surface area contributed by atoms with Crippen LogP contribution in [0.4, 0.5) is 0 Å². The molecule has 0 aliphatic rings. The summed E-state index contributed by atoms with van der Waals surface area (Å²) < 4.78 is 5.36. The van der Waals surface area contributed by atoms with Gasteiger partial charge in [0, 0.05) is 30.6 Å².